The molecule has 0 bridgehead atoms. The summed E-state index contributed by atoms with van der Waals surface area (Å²) in [6.07, 6.45) is 0. The highest BCUT2D eigenvalue weighted by atomic mass is 32.2. The van der Waals surface area contributed by atoms with Crippen molar-refractivity contribution < 1.29 is 9.21 Å². The third-order valence-electron chi connectivity index (χ3n) is 4.44. The number of rotatable bonds is 7. The zero-order chi connectivity index (χ0) is 22.0. The van der Waals surface area contributed by atoms with E-state index < -0.39 is 17.0 Å². The highest BCUT2D eigenvalue weighted by molar-refractivity contribution is 7.99. The maximum absolute atomic E-state index is 12.8. The van der Waals surface area contributed by atoms with Gasteiger partial charge in [0.1, 0.15) is 11.4 Å². The Bertz CT molecular complexity index is 1190. The van der Waals surface area contributed by atoms with Crippen LogP contribution in [0, 0.1) is 12.8 Å². The van der Waals surface area contributed by atoms with Crippen LogP contribution in [0.4, 0.5) is 5.82 Å². The number of ketones is 1. The van der Waals surface area contributed by atoms with Crippen LogP contribution in [0.15, 0.2) is 43.5 Å². The number of thioether (sulfide) groups is 1. The lowest BCUT2D eigenvalue weighted by Gasteiger charge is -2.15. The van der Waals surface area contributed by atoms with Gasteiger partial charge in [0.15, 0.2) is 5.78 Å². The van der Waals surface area contributed by atoms with E-state index in [1.165, 1.54) is 11.6 Å². The molecule has 0 unspecified atom stereocenters. The van der Waals surface area contributed by atoms with Gasteiger partial charge in [0, 0.05) is 19.2 Å². The quantitative estimate of drug-likeness (QED) is 0.447. The lowest BCUT2D eigenvalue weighted by molar-refractivity contribution is 0.102. The molecule has 2 N–H and O–H groups in total. The molecule has 0 spiro atoms. The van der Waals surface area contributed by atoms with Gasteiger partial charge in [0.25, 0.3) is 10.8 Å². The molecule has 0 amide bonds. The predicted molar refractivity (Wildman–Crippen MR) is 115 cm³/mol. The first-order valence-electron chi connectivity index (χ1n) is 9.35. The van der Waals surface area contributed by atoms with E-state index in [-0.39, 0.29) is 28.3 Å². The number of Topliss-reactive ketones (excluding diaryl/α,β-unsaturated/α-hetero) is 1. The Morgan fingerprint density at radius 1 is 1.20 bits per heavy atom. The molecule has 0 saturated carbocycles. The largest absolute Gasteiger partial charge is 0.411 e. The monoisotopic (exact) mass is 429 g/mol. The van der Waals surface area contributed by atoms with Crippen molar-refractivity contribution in [2.75, 3.05) is 11.5 Å². The van der Waals surface area contributed by atoms with Crippen molar-refractivity contribution in [2.24, 2.45) is 13.0 Å². The molecule has 158 valence electrons. The van der Waals surface area contributed by atoms with Crippen molar-refractivity contribution in [2.45, 2.75) is 32.5 Å². The van der Waals surface area contributed by atoms with Crippen molar-refractivity contribution in [3.63, 3.8) is 0 Å². The summed E-state index contributed by atoms with van der Waals surface area (Å²) in [5.74, 6) is -0.308. The van der Waals surface area contributed by atoms with Gasteiger partial charge in [-0.05, 0) is 25.0 Å². The van der Waals surface area contributed by atoms with E-state index in [2.05, 4.69) is 10.2 Å². The number of benzene rings is 1. The second-order valence-electron chi connectivity index (χ2n) is 7.36. The standard InChI is InChI=1S/C20H23N5O4S/c1-11(2)9-25-16(21)15(18(27)24(4)20(25)28)14(26)10-30-19-23-22-17(29-19)13-7-5-12(3)6-8-13/h5-8,11H,9-10,21H2,1-4H3. The first-order chi connectivity index (χ1) is 14.2. The molecule has 9 nitrogen and oxygen atoms in total. The molecular weight excluding hydrogens is 406 g/mol. The summed E-state index contributed by atoms with van der Waals surface area (Å²) in [5.41, 5.74) is 6.44. The number of aromatic nitrogens is 4. The van der Waals surface area contributed by atoms with E-state index in [0.717, 1.165) is 27.5 Å². The second kappa shape index (κ2) is 8.70. The number of nitrogen functional groups attached to an aromatic ring is 1. The normalized spacial score (nSPS) is 11.2. The number of anilines is 1. The molecule has 0 radical (unpaired) electrons. The number of nitrogens with two attached hydrogens (primary N) is 1. The molecule has 1 aromatic carbocycles. The van der Waals surface area contributed by atoms with Crippen molar-refractivity contribution in [1.82, 2.24) is 19.3 Å². The van der Waals surface area contributed by atoms with E-state index >= 15 is 0 Å². The summed E-state index contributed by atoms with van der Waals surface area (Å²) in [5, 5.41) is 8.13. The lowest BCUT2D eigenvalue weighted by Crippen LogP contribution is -2.43. The topological polar surface area (TPSA) is 126 Å². The number of hydrogen-bond acceptors (Lipinski definition) is 8. The lowest BCUT2D eigenvalue weighted by atomic mass is 10.1. The third-order valence-corrected chi connectivity index (χ3v) is 5.26. The summed E-state index contributed by atoms with van der Waals surface area (Å²) in [6.45, 7) is 6.10. The molecule has 0 aliphatic carbocycles. The summed E-state index contributed by atoms with van der Waals surface area (Å²) in [7, 11) is 1.33. The molecule has 0 aliphatic heterocycles. The minimum absolute atomic E-state index is 0.110. The molecule has 0 atom stereocenters. The molecule has 0 fully saturated rings. The van der Waals surface area contributed by atoms with Crippen LogP contribution >= 0.6 is 11.8 Å². The van der Waals surface area contributed by atoms with E-state index in [0.29, 0.717) is 12.4 Å². The van der Waals surface area contributed by atoms with Gasteiger partial charge in [-0.3, -0.25) is 18.7 Å². The summed E-state index contributed by atoms with van der Waals surface area (Å²) in [6, 6.07) is 7.59. The molecule has 10 heteroatoms. The van der Waals surface area contributed by atoms with Gasteiger partial charge in [0.05, 0.1) is 5.75 Å². The van der Waals surface area contributed by atoms with Crippen LogP contribution in [0.1, 0.15) is 29.8 Å². The zero-order valence-electron chi connectivity index (χ0n) is 17.2. The van der Waals surface area contributed by atoms with Gasteiger partial charge in [0.2, 0.25) is 5.89 Å². The van der Waals surface area contributed by atoms with Gasteiger partial charge in [-0.15, -0.1) is 10.2 Å². The average molecular weight is 430 g/mol. The van der Waals surface area contributed by atoms with Crippen molar-refractivity contribution in [3.05, 3.63) is 56.2 Å². The second-order valence-corrected chi connectivity index (χ2v) is 8.29. The van der Waals surface area contributed by atoms with Crippen molar-refractivity contribution in [1.29, 1.82) is 0 Å². The Kier molecular flexibility index (Phi) is 6.25. The van der Waals surface area contributed by atoms with Gasteiger partial charge in [-0.25, -0.2) is 4.79 Å². The van der Waals surface area contributed by atoms with E-state index in [9.17, 15) is 14.4 Å². The molecule has 2 heterocycles. The Labute approximate surface area is 176 Å². The van der Waals surface area contributed by atoms with Crippen LogP contribution < -0.4 is 17.0 Å². The van der Waals surface area contributed by atoms with Crippen LogP contribution in [0.2, 0.25) is 0 Å². The fraction of sp³-hybridized carbons (Fsp3) is 0.350. The Morgan fingerprint density at radius 3 is 2.50 bits per heavy atom. The fourth-order valence-electron chi connectivity index (χ4n) is 2.87. The van der Waals surface area contributed by atoms with Crippen LogP contribution in [0.3, 0.4) is 0 Å². The van der Waals surface area contributed by atoms with E-state index in [1.807, 2.05) is 45.0 Å². The molecule has 30 heavy (non-hydrogen) atoms. The zero-order valence-corrected chi connectivity index (χ0v) is 18.0. The SMILES string of the molecule is Cc1ccc(-c2nnc(SCC(=O)c3c(N)n(CC(C)C)c(=O)n(C)c3=O)o2)cc1. The number of aryl methyl sites for hydroxylation is 1. The molecular formula is C20H23N5O4S. The van der Waals surface area contributed by atoms with Crippen LogP contribution in [-0.2, 0) is 13.6 Å². The molecule has 0 aliphatic rings. The average Bonchev–Trinajstić information content (AvgIpc) is 3.17. The number of hydrogen-bond donors (Lipinski definition) is 1. The van der Waals surface area contributed by atoms with Crippen LogP contribution in [0.5, 0.6) is 0 Å². The summed E-state index contributed by atoms with van der Waals surface area (Å²) in [4.78, 5) is 37.6. The van der Waals surface area contributed by atoms with Gasteiger partial charge < -0.3 is 10.2 Å². The Balaban J connectivity index is 1.82. The maximum Gasteiger partial charge on any atom is 0.332 e. The van der Waals surface area contributed by atoms with Crippen LogP contribution in [0.25, 0.3) is 11.5 Å². The molecule has 2 aromatic heterocycles. The first kappa shape index (κ1) is 21.6. The minimum atomic E-state index is -0.714. The Morgan fingerprint density at radius 2 is 1.87 bits per heavy atom. The van der Waals surface area contributed by atoms with Gasteiger partial charge in [-0.1, -0.05) is 43.3 Å². The highest BCUT2D eigenvalue weighted by Crippen LogP contribution is 2.24. The number of carbonyl (C=O) groups excluding carboxylic acids is 1. The van der Waals surface area contributed by atoms with Crippen LogP contribution in [-0.4, -0.2) is 30.9 Å². The van der Waals surface area contributed by atoms with E-state index in [1.54, 1.807) is 0 Å². The smallest absolute Gasteiger partial charge is 0.332 e. The minimum Gasteiger partial charge on any atom is -0.411 e. The summed E-state index contributed by atoms with van der Waals surface area (Å²) < 4.78 is 7.75. The third kappa shape index (κ3) is 4.38. The molecule has 3 rings (SSSR count). The maximum atomic E-state index is 12.8. The first-order valence-corrected chi connectivity index (χ1v) is 10.3. The van der Waals surface area contributed by atoms with E-state index in [4.69, 9.17) is 10.2 Å². The van der Waals surface area contributed by atoms with Crippen molar-refractivity contribution in [3.8, 4) is 11.5 Å². The van der Waals surface area contributed by atoms with Crippen molar-refractivity contribution >= 4 is 23.4 Å². The molecule has 0 saturated heterocycles. The highest BCUT2D eigenvalue weighted by Gasteiger charge is 2.22. The van der Waals surface area contributed by atoms with Gasteiger partial charge >= 0.3 is 5.69 Å². The molecule has 3 aromatic rings. The Hall–Kier alpha value is -3.14. The summed E-state index contributed by atoms with van der Waals surface area (Å²) >= 11 is 1.01. The fourth-order valence-corrected chi connectivity index (χ4v) is 3.50. The predicted octanol–water partition coefficient (Wildman–Crippen LogP) is 2.12. The van der Waals surface area contributed by atoms with Gasteiger partial charge in [-0.2, -0.15) is 0 Å². The number of carbonyl (C=O) groups is 1. The number of nitrogens with zero attached hydrogens (tertiary/aromatic N) is 4.